The zero-order valence-corrected chi connectivity index (χ0v) is 47.1. The van der Waals surface area contributed by atoms with E-state index in [1.54, 1.807) is 0 Å². The lowest BCUT2D eigenvalue weighted by Crippen LogP contribution is -2.61. The molecule has 2 aliphatic heterocycles. The van der Waals surface area contributed by atoms with Gasteiger partial charge in [-0.1, -0.05) is 231 Å². The van der Waals surface area contributed by atoms with Gasteiger partial charge in [-0.15, -0.1) is 0 Å². The van der Waals surface area contributed by atoms with Gasteiger partial charge in [0.1, 0.15) is 54.9 Å². The van der Waals surface area contributed by atoms with Gasteiger partial charge in [0, 0.05) is 13.0 Å². The first-order chi connectivity index (χ1) is 36.1. The van der Waals surface area contributed by atoms with Crippen LogP contribution in [0.2, 0.25) is 0 Å². The molecule has 2 aliphatic rings. The summed E-state index contributed by atoms with van der Waals surface area (Å²) in [6.07, 6.45) is 37.1. The number of esters is 1. The Balaban J connectivity index is 1.68. The minimum absolute atomic E-state index is 0.0635. The minimum atomic E-state index is -1.70. The number of aliphatic hydroxyl groups is 7. The lowest BCUT2D eigenvalue weighted by atomic mass is 9.98. The molecule has 0 aromatic heterocycles. The Morgan fingerprint density at radius 3 is 1.23 bits per heavy atom. The monoisotopic (exact) mass is 1060 g/mol. The maximum Gasteiger partial charge on any atom is 0.306 e. The second kappa shape index (κ2) is 47.7. The molecule has 2 heterocycles. The second-order valence-corrected chi connectivity index (χ2v) is 21.9. The number of hydrogen-bond acceptors (Lipinski definition) is 14. The topological polar surface area (TPSA) is 214 Å². The molecule has 0 aromatic carbocycles. The van der Waals surface area contributed by atoms with Crippen LogP contribution in [-0.2, 0) is 33.2 Å². The molecule has 7 N–H and O–H groups in total. The van der Waals surface area contributed by atoms with E-state index in [1.807, 2.05) is 0 Å². The summed E-state index contributed by atoms with van der Waals surface area (Å²) < 4.78 is 34.4. The van der Waals surface area contributed by atoms with E-state index in [0.29, 0.717) is 13.0 Å². The molecule has 14 heteroatoms. The van der Waals surface area contributed by atoms with Crippen LogP contribution in [-0.4, -0.2) is 142 Å². The van der Waals surface area contributed by atoms with Gasteiger partial charge in [0.25, 0.3) is 0 Å². The average Bonchev–Trinajstić information content (AvgIpc) is 3.40. The van der Waals surface area contributed by atoms with Gasteiger partial charge in [-0.2, -0.15) is 0 Å². The Morgan fingerprint density at radius 1 is 0.432 bits per heavy atom. The summed E-state index contributed by atoms with van der Waals surface area (Å²) >= 11 is 0. The maximum absolute atomic E-state index is 13.1. The first kappa shape index (κ1) is 68.8. The van der Waals surface area contributed by atoms with E-state index in [-0.39, 0.29) is 25.6 Å². The Bertz CT molecular complexity index is 1270. The fourth-order valence-electron chi connectivity index (χ4n) is 10.0. The van der Waals surface area contributed by atoms with Crippen LogP contribution in [0.4, 0.5) is 0 Å². The van der Waals surface area contributed by atoms with Crippen molar-refractivity contribution in [1.82, 2.24) is 0 Å². The third-order valence-electron chi connectivity index (χ3n) is 15.0. The van der Waals surface area contributed by atoms with Gasteiger partial charge in [-0.05, 0) is 38.5 Å². The lowest BCUT2D eigenvalue weighted by molar-refractivity contribution is -0.332. The van der Waals surface area contributed by atoms with Crippen LogP contribution in [0.1, 0.15) is 264 Å². The van der Waals surface area contributed by atoms with E-state index >= 15 is 0 Å². The molecular weight excluding hydrogens is 945 g/mol. The molecular formula is C60H114O14. The van der Waals surface area contributed by atoms with E-state index in [2.05, 4.69) is 26.0 Å². The van der Waals surface area contributed by atoms with Crippen LogP contribution < -0.4 is 0 Å². The first-order valence-corrected chi connectivity index (χ1v) is 30.8. The van der Waals surface area contributed by atoms with Crippen LogP contribution >= 0.6 is 0 Å². The molecule has 0 saturated carbocycles. The summed E-state index contributed by atoms with van der Waals surface area (Å²) in [6.45, 7) is 3.74. The highest BCUT2D eigenvalue weighted by Crippen LogP contribution is 2.27. The predicted octanol–water partition coefficient (Wildman–Crippen LogP) is 11.4. The van der Waals surface area contributed by atoms with E-state index in [9.17, 15) is 40.5 Å². The number of carbonyl (C=O) groups is 1. The fraction of sp³-hybridized carbons (Fsp3) is 0.950. The summed E-state index contributed by atoms with van der Waals surface area (Å²) in [4.78, 5) is 13.1. The van der Waals surface area contributed by atoms with Crippen LogP contribution in [0.3, 0.4) is 0 Å². The van der Waals surface area contributed by atoms with Crippen molar-refractivity contribution in [3.63, 3.8) is 0 Å². The van der Waals surface area contributed by atoms with Gasteiger partial charge in [0.2, 0.25) is 0 Å². The molecule has 0 bridgehead atoms. The Morgan fingerprint density at radius 2 is 0.797 bits per heavy atom. The van der Waals surface area contributed by atoms with Gasteiger partial charge in [-0.25, -0.2) is 0 Å². The summed E-state index contributed by atoms with van der Waals surface area (Å²) in [5.74, 6) is -0.371. The van der Waals surface area contributed by atoms with Crippen molar-refractivity contribution in [3.05, 3.63) is 12.2 Å². The third-order valence-corrected chi connectivity index (χ3v) is 15.0. The summed E-state index contributed by atoms with van der Waals surface area (Å²) in [6, 6.07) is 0. The van der Waals surface area contributed by atoms with Crippen LogP contribution in [0, 0.1) is 0 Å². The average molecular weight is 1060 g/mol. The van der Waals surface area contributed by atoms with Crippen molar-refractivity contribution in [2.24, 2.45) is 0 Å². The lowest BCUT2D eigenvalue weighted by Gasteiger charge is -2.42. The van der Waals surface area contributed by atoms with Crippen molar-refractivity contribution in [2.45, 2.75) is 332 Å². The van der Waals surface area contributed by atoms with Gasteiger partial charge in [0.05, 0.1) is 26.4 Å². The van der Waals surface area contributed by atoms with Crippen molar-refractivity contribution in [3.8, 4) is 0 Å². The fourth-order valence-corrected chi connectivity index (χ4v) is 10.0. The van der Waals surface area contributed by atoms with Crippen molar-refractivity contribution < 1.29 is 69.0 Å². The molecule has 74 heavy (non-hydrogen) atoms. The number of carbonyl (C=O) groups excluding carboxylic acids is 1. The maximum atomic E-state index is 13.1. The zero-order chi connectivity index (χ0) is 53.7. The molecule has 2 fully saturated rings. The summed E-state index contributed by atoms with van der Waals surface area (Å²) in [5.41, 5.74) is 0. The van der Waals surface area contributed by atoms with E-state index in [1.165, 1.54) is 193 Å². The number of unbranched alkanes of at least 4 members (excludes halogenated alkanes) is 35. The smallest absolute Gasteiger partial charge is 0.306 e. The number of rotatable bonds is 51. The molecule has 0 spiro atoms. The molecule has 0 aromatic rings. The van der Waals surface area contributed by atoms with Gasteiger partial charge < -0.3 is 64.2 Å². The van der Waals surface area contributed by atoms with Gasteiger partial charge in [-0.3, -0.25) is 4.79 Å². The molecule has 2 rings (SSSR count). The van der Waals surface area contributed by atoms with Gasteiger partial charge in [0.15, 0.2) is 12.6 Å². The molecule has 0 aliphatic carbocycles. The van der Waals surface area contributed by atoms with Crippen LogP contribution in [0.5, 0.6) is 0 Å². The first-order valence-electron chi connectivity index (χ1n) is 30.8. The van der Waals surface area contributed by atoms with Crippen molar-refractivity contribution in [1.29, 1.82) is 0 Å². The summed E-state index contributed by atoms with van der Waals surface area (Å²) in [5, 5.41) is 72.4. The Hall–Kier alpha value is -1.27. The summed E-state index contributed by atoms with van der Waals surface area (Å²) in [7, 11) is 0. The predicted molar refractivity (Wildman–Crippen MR) is 294 cm³/mol. The van der Waals surface area contributed by atoms with E-state index in [0.717, 1.165) is 44.9 Å². The largest absolute Gasteiger partial charge is 0.457 e. The molecule has 11 unspecified atom stereocenters. The van der Waals surface area contributed by atoms with Crippen LogP contribution in [0.15, 0.2) is 12.2 Å². The Kier molecular flexibility index (Phi) is 44.4. The molecule has 11 atom stereocenters. The van der Waals surface area contributed by atoms with Gasteiger partial charge >= 0.3 is 5.97 Å². The molecule has 0 amide bonds. The minimum Gasteiger partial charge on any atom is -0.457 e. The standard InChI is InChI=1S/C60H114O14/c1-3-5-7-9-11-13-15-17-19-21-22-23-24-25-26-27-29-31-33-35-37-39-41-43-52(62)72-49(46-69-44-42-40-38-36-34-32-30-28-20-18-16-14-12-10-8-6-4-2)47-70-59-58(68)56(66)54(64)51(74-59)48-71-60-57(67)55(65)53(63)50(45-61)73-60/h20,28,49-51,53-61,63-68H,3-19,21-27,29-48H2,1-2H3/b28-20-. The van der Waals surface area contributed by atoms with Crippen LogP contribution in [0.25, 0.3) is 0 Å². The highest BCUT2D eigenvalue weighted by Gasteiger charge is 2.47. The number of ether oxygens (including phenoxy) is 6. The SMILES string of the molecule is CCCCCCCCC/C=C\CCCCCCCCOCC(COC1OC(COC2OC(CO)C(O)C(O)C2O)C(O)C(O)C1O)OC(=O)CCCCCCCCCCCCCCCCCCCCCCCCC. The number of allylic oxidation sites excluding steroid dienone is 2. The quantitative estimate of drug-likeness (QED) is 0.0172. The number of aliphatic hydroxyl groups excluding tert-OH is 7. The van der Waals surface area contributed by atoms with Crippen molar-refractivity contribution >= 4 is 5.97 Å². The molecule has 0 radical (unpaired) electrons. The molecule has 438 valence electrons. The number of hydrogen-bond donors (Lipinski definition) is 7. The van der Waals surface area contributed by atoms with Crippen molar-refractivity contribution in [2.75, 3.05) is 33.0 Å². The molecule has 14 nitrogen and oxygen atoms in total. The van der Waals surface area contributed by atoms with E-state index in [4.69, 9.17) is 28.4 Å². The highest BCUT2D eigenvalue weighted by atomic mass is 16.7. The third kappa shape index (κ3) is 33.9. The highest BCUT2D eigenvalue weighted by molar-refractivity contribution is 5.69. The second-order valence-electron chi connectivity index (χ2n) is 21.9. The normalized spacial score (nSPS) is 24.8. The Labute approximate surface area is 450 Å². The molecule has 2 saturated heterocycles. The zero-order valence-electron chi connectivity index (χ0n) is 47.1. The van der Waals surface area contributed by atoms with E-state index < -0.39 is 80.7 Å².